The molecule has 0 rings (SSSR count). The number of hydrogen-bond donors (Lipinski definition) is 4. The molecule has 64 valence electrons. The van der Waals surface area contributed by atoms with Crippen molar-refractivity contribution in [3.05, 3.63) is 0 Å². The van der Waals surface area contributed by atoms with Gasteiger partial charge in [0.2, 0.25) is 0 Å². The molecule has 0 heterocycles. The van der Waals surface area contributed by atoms with Gasteiger partial charge in [0.15, 0.2) is 0 Å². The Bertz CT molecular complexity index is 76.6. The van der Waals surface area contributed by atoms with Crippen LogP contribution >= 0.6 is 0 Å². The molecule has 8 N–H and O–H groups in total. The SMILES string of the molecule is N.N.O=C(O)O.O=C([O-])[O-].[Be+2]. The second-order valence-corrected chi connectivity index (χ2v) is 0.533. The molecule has 0 fully saturated rings. The van der Waals surface area contributed by atoms with Gasteiger partial charge in [-0.1, -0.05) is 0 Å². The molecule has 0 amide bonds. The Labute approximate surface area is 65.8 Å². The molecular formula is C2H8BeN2O6. The molecule has 0 saturated carbocycles. The molecule has 0 unspecified atom stereocenters. The minimum absolute atomic E-state index is 0. The molecule has 0 aromatic heterocycles. The molecule has 11 heavy (non-hydrogen) atoms. The normalized spacial score (nSPS) is 4.36. The van der Waals surface area contributed by atoms with Crippen LogP contribution in [0.3, 0.4) is 0 Å². The largest absolute Gasteiger partial charge is 2.00 e. The van der Waals surface area contributed by atoms with Crippen LogP contribution in [-0.4, -0.2) is 32.6 Å². The van der Waals surface area contributed by atoms with Crippen molar-refractivity contribution < 1.29 is 30.0 Å². The number of hydrogen-bond acceptors (Lipinski definition) is 6. The van der Waals surface area contributed by atoms with Gasteiger partial charge >= 0.3 is 16.3 Å². The maximum atomic E-state index is 8.56. The third-order valence-corrected chi connectivity index (χ3v) is 0. The second kappa shape index (κ2) is 23.4. The number of carbonyl (C=O) groups excluding carboxylic acids is 1. The molecule has 0 spiro atoms. The van der Waals surface area contributed by atoms with Crippen LogP contribution in [0.4, 0.5) is 9.59 Å². The van der Waals surface area contributed by atoms with Crippen molar-refractivity contribution in [1.29, 1.82) is 0 Å². The van der Waals surface area contributed by atoms with Gasteiger partial charge in [-0.3, -0.25) is 0 Å². The predicted molar refractivity (Wildman–Crippen MR) is 31.8 cm³/mol. The molecule has 0 saturated heterocycles. The maximum absolute atomic E-state index is 8.56. The van der Waals surface area contributed by atoms with Gasteiger partial charge in [0.25, 0.3) is 0 Å². The fourth-order valence-electron chi connectivity index (χ4n) is 0. The van der Waals surface area contributed by atoms with E-state index in [1.165, 1.54) is 0 Å². The Morgan fingerprint density at radius 1 is 1.00 bits per heavy atom. The van der Waals surface area contributed by atoms with Crippen LogP contribution in [0.2, 0.25) is 0 Å². The van der Waals surface area contributed by atoms with E-state index in [2.05, 4.69) is 0 Å². The van der Waals surface area contributed by atoms with E-state index >= 15 is 0 Å². The number of rotatable bonds is 0. The van der Waals surface area contributed by atoms with E-state index < -0.39 is 12.3 Å². The third kappa shape index (κ3) is 202. The average Bonchev–Trinajstić information content (AvgIpc) is 1.25. The summed E-state index contributed by atoms with van der Waals surface area (Å²) < 4.78 is 0. The fraction of sp³-hybridized carbons (Fsp3) is 0. The van der Waals surface area contributed by atoms with Crippen molar-refractivity contribution >= 4 is 22.4 Å². The van der Waals surface area contributed by atoms with Crippen LogP contribution in [0.25, 0.3) is 0 Å². The zero-order valence-corrected chi connectivity index (χ0v) is 5.65. The fourth-order valence-corrected chi connectivity index (χ4v) is 0. The van der Waals surface area contributed by atoms with E-state index in [1.807, 2.05) is 0 Å². The smallest absolute Gasteiger partial charge is 0.652 e. The molecule has 8 nitrogen and oxygen atoms in total. The molecule has 0 aromatic carbocycles. The van der Waals surface area contributed by atoms with Crippen molar-refractivity contribution in [3.63, 3.8) is 0 Å². The van der Waals surface area contributed by atoms with Gasteiger partial charge < -0.3 is 37.5 Å². The Morgan fingerprint density at radius 2 is 1.00 bits per heavy atom. The summed E-state index contributed by atoms with van der Waals surface area (Å²) in [5, 5.41) is 30.6. The summed E-state index contributed by atoms with van der Waals surface area (Å²) in [5.41, 5.74) is 0. The summed E-state index contributed by atoms with van der Waals surface area (Å²) >= 11 is 0. The van der Waals surface area contributed by atoms with Gasteiger partial charge in [-0.05, 0) is 6.16 Å². The number of carboxylic acid groups (broad SMARTS) is 4. The monoisotopic (exact) mass is 165 g/mol. The molecular weight excluding hydrogens is 157 g/mol. The van der Waals surface area contributed by atoms with Crippen molar-refractivity contribution in [2.75, 3.05) is 0 Å². The second-order valence-electron chi connectivity index (χ2n) is 0.533. The summed E-state index contributed by atoms with van der Waals surface area (Å²) in [4.78, 5) is 16.9. The first-order valence-corrected chi connectivity index (χ1v) is 1.26. The van der Waals surface area contributed by atoms with Crippen molar-refractivity contribution in [3.8, 4) is 0 Å². The Kier molecular flexibility index (Phi) is 71.3. The molecule has 0 aliphatic carbocycles. The molecule has 0 aromatic rings. The van der Waals surface area contributed by atoms with Crippen LogP contribution < -0.4 is 22.5 Å². The molecule has 0 aliphatic heterocycles. The molecule has 9 heteroatoms. The van der Waals surface area contributed by atoms with Gasteiger partial charge in [-0.15, -0.1) is 0 Å². The van der Waals surface area contributed by atoms with Gasteiger partial charge in [-0.2, -0.15) is 0 Å². The van der Waals surface area contributed by atoms with Crippen molar-refractivity contribution in [2.45, 2.75) is 0 Å². The summed E-state index contributed by atoms with van der Waals surface area (Å²) in [6.07, 6.45) is -4.17. The van der Waals surface area contributed by atoms with E-state index in [1.54, 1.807) is 0 Å². The van der Waals surface area contributed by atoms with E-state index in [0.717, 1.165) is 0 Å². The van der Waals surface area contributed by atoms with Gasteiger partial charge in [-0.25, -0.2) is 4.79 Å². The molecule has 0 radical (unpaired) electrons. The first kappa shape index (κ1) is 33.5. The van der Waals surface area contributed by atoms with Gasteiger partial charge in [0, 0.05) is 0 Å². The standard InChI is InChI=1S/2CH2O3.Be.2H3N/c2*2-1(3)4;;;/h2*(H2,2,3,4);;2*1H3/q;;+2;;/p-2. The molecule has 0 aliphatic rings. The van der Waals surface area contributed by atoms with E-state index in [9.17, 15) is 0 Å². The molecule has 0 atom stereocenters. The number of carbonyl (C=O) groups is 2. The van der Waals surface area contributed by atoms with E-state index in [0.29, 0.717) is 0 Å². The minimum atomic E-state index is -2.33. The van der Waals surface area contributed by atoms with Gasteiger partial charge in [0.1, 0.15) is 0 Å². The Balaban J connectivity index is -0.0000000171. The maximum Gasteiger partial charge on any atom is 2.00 e. The van der Waals surface area contributed by atoms with E-state index in [4.69, 9.17) is 30.0 Å². The van der Waals surface area contributed by atoms with Crippen LogP contribution in [-0.2, 0) is 0 Å². The summed E-state index contributed by atoms with van der Waals surface area (Å²) in [5.74, 6) is 0. The van der Waals surface area contributed by atoms with Crippen LogP contribution in [0.15, 0.2) is 0 Å². The van der Waals surface area contributed by atoms with Crippen molar-refractivity contribution in [1.82, 2.24) is 12.3 Å². The average molecular weight is 165 g/mol. The van der Waals surface area contributed by atoms with Crippen LogP contribution in [0.1, 0.15) is 0 Å². The quantitative estimate of drug-likeness (QED) is 0.288. The summed E-state index contributed by atoms with van der Waals surface area (Å²) in [6.45, 7) is 0. The summed E-state index contributed by atoms with van der Waals surface area (Å²) in [6, 6.07) is 0. The predicted octanol–water partition coefficient (Wildman–Crippen LogP) is -2.28. The first-order valence-electron chi connectivity index (χ1n) is 1.26. The first-order chi connectivity index (χ1) is 3.46. The topological polar surface area (TPSA) is 191 Å². The third-order valence-electron chi connectivity index (χ3n) is 0. The van der Waals surface area contributed by atoms with Gasteiger partial charge in [0.05, 0.1) is 0 Å². The van der Waals surface area contributed by atoms with E-state index in [-0.39, 0.29) is 22.4 Å². The zero-order chi connectivity index (χ0) is 7.15. The Morgan fingerprint density at radius 3 is 1.00 bits per heavy atom. The van der Waals surface area contributed by atoms with Crippen molar-refractivity contribution in [2.24, 2.45) is 0 Å². The van der Waals surface area contributed by atoms with Crippen LogP contribution in [0.5, 0.6) is 0 Å². The zero-order valence-electron chi connectivity index (χ0n) is 5.65. The summed E-state index contributed by atoms with van der Waals surface area (Å²) in [7, 11) is 0. The Hall–Kier alpha value is -1.37. The minimum Gasteiger partial charge on any atom is -0.652 e. The molecule has 0 bridgehead atoms. The van der Waals surface area contributed by atoms with Crippen LogP contribution in [0, 0.1) is 0 Å².